The predicted octanol–water partition coefficient (Wildman–Crippen LogP) is 9.14. The first kappa shape index (κ1) is 26.3. The Morgan fingerprint density at radius 2 is 1.43 bits per heavy atom. The molecule has 6 heteroatoms. The number of aryl methyl sites for hydroxylation is 2. The molecule has 0 bridgehead atoms. The van der Waals surface area contributed by atoms with E-state index in [1.165, 1.54) is 12.1 Å². The van der Waals surface area contributed by atoms with Crippen molar-refractivity contribution in [1.29, 1.82) is 0 Å². The fourth-order valence-electron chi connectivity index (χ4n) is 3.78. The molecule has 0 amide bonds. The summed E-state index contributed by atoms with van der Waals surface area (Å²) in [4.78, 5) is 0. The van der Waals surface area contributed by atoms with Crippen LogP contribution in [0.1, 0.15) is 42.0 Å². The lowest BCUT2D eigenvalue weighted by atomic mass is 9.92. The minimum absolute atomic E-state index is 0.108. The van der Waals surface area contributed by atoms with Crippen molar-refractivity contribution < 1.29 is 26.3 Å². The molecule has 0 unspecified atom stereocenters. The first-order valence-corrected chi connectivity index (χ1v) is 11.3. The average molecular weight is 489 g/mol. The highest BCUT2D eigenvalue weighted by atomic mass is 19.3. The third kappa shape index (κ3) is 5.69. The second-order valence-electron chi connectivity index (χ2n) is 8.28. The maximum atomic E-state index is 14.9. The van der Waals surface area contributed by atoms with Crippen molar-refractivity contribution in [3.05, 3.63) is 119 Å². The molecule has 0 nitrogen and oxygen atoms in total. The molecule has 0 radical (unpaired) electrons. The second-order valence-corrected chi connectivity index (χ2v) is 8.28. The smallest absolute Gasteiger partial charge is 0.207 e. The van der Waals surface area contributed by atoms with Crippen molar-refractivity contribution in [2.24, 2.45) is 0 Å². The summed E-state index contributed by atoms with van der Waals surface area (Å²) in [6.45, 7) is 5.43. The summed E-state index contributed by atoms with van der Waals surface area (Å²) in [5.41, 5.74) is -0.667. The molecule has 3 aromatic carbocycles. The number of halogens is 6. The Balaban J connectivity index is 1.87. The first-order chi connectivity index (χ1) is 16.6. The van der Waals surface area contributed by atoms with Gasteiger partial charge in [-0.25, -0.2) is 8.78 Å². The summed E-state index contributed by atoms with van der Waals surface area (Å²) in [7, 11) is 0. The highest BCUT2D eigenvalue weighted by molar-refractivity contribution is 5.64. The van der Waals surface area contributed by atoms with Crippen LogP contribution in [0, 0.1) is 11.6 Å². The molecule has 3 aromatic rings. The van der Waals surface area contributed by atoms with Crippen molar-refractivity contribution in [1.82, 2.24) is 0 Å². The molecule has 0 saturated carbocycles. The molecule has 35 heavy (non-hydrogen) atoms. The van der Waals surface area contributed by atoms with E-state index in [1.807, 2.05) is 31.2 Å². The maximum absolute atomic E-state index is 14.9. The lowest BCUT2D eigenvalue weighted by Crippen LogP contribution is -2.36. The minimum atomic E-state index is -4.90. The lowest BCUT2D eigenvalue weighted by Gasteiger charge is -2.28. The third-order valence-electron chi connectivity index (χ3n) is 5.86. The van der Waals surface area contributed by atoms with Crippen molar-refractivity contribution in [2.75, 3.05) is 0 Å². The molecule has 0 fully saturated rings. The fourth-order valence-corrected chi connectivity index (χ4v) is 3.78. The van der Waals surface area contributed by atoms with Gasteiger partial charge in [0.2, 0.25) is 0 Å². The molecule has 0 aliphatic carbocycles. The van der Waals surface area contributed by atoms with Gasteiger partial charge in [0.1, 0.15) is 11.6 Å². The zero-order chi connectivity index (χ0) is 25.6. The predicted molar refractivity (Wildman–Crippen MR) is 128 cm³/mol. The van der Waals surface area contributed by atoms with Crippen LogP contribution in [-0.4, -0.2) is 0 Å². The topological polar surface area (TPSA) is 0 Å². The molecule has 184 valence electrons. The zero-order valence-corrected chi connectivity index (χ0v) is 19.3. The van der Waals surface area contributed by atoms with Gasteiger partial charge >= 0.3 is 11.8 Å². The zero-order valence-electron chi connectivity index (χ0n) is 19.3. The Hall–Kier alpha value is -3.28. The van der Waals surface area contributed by atoms with Gasteiger partial charge in [0.25, 0.3) is 0 Å². The van der Waals surface area contributed by atoms with E-state index in [-0.39, 0.29) is 17.5 Å². The van der Waals surface area contributed by atoms with Crippen LogP contribution >= 0.6 is 0 Å². The maximum Gasteiger partial charge on any atom is 0.342 e. The highest BCUT2D eigenvalue weighted by Crippen LogP contribution is 2.50. The number of rotatable bonds is 10. The Morgan fingerprint density at radius 1 is 0.743 bits per heavy atom. The van der Waals surface area contributed by atoms with Crippen LogP contribution in [0.25, 0.3) is 11.1 Å². The lowest BCUT2D eigenvalue weighted by molar-refractivity contribution is -0.225. The van der Waals surface area contributed by atoms with Crippen LogP contribution in [0.5, 0.6) is 0 Å². The highest BCUT2D eigenvalue weighted by Gasteiger charge is 2.59. The Bertz CT molecular complexity index is 1190. The Morgan fingerprint density at radius 3 is 2.03 bits per heavy atom. The van der Waals surface area contributed by atoms with Gasteiger partial charge < -0.3 is 0 Å². The molecule has 0 aliphatic rings. The van der Waals surface area contributed by atoms with E-state index in [0.717, 1.165) is 36.6 Å². The Kier molecular flexibility index (Phi) is 8.26. The van der Waals surface area contributed by atoms with Crippen molar-refractivity contribution in [3.63, 3.8) is 0 Å². The first-order valence-electron chi connectivity index (χ1n) is 11.3. The van der Waals surface area contributed by atoms with E-state index in [0.29, 0.717) is 24.1 Å². The molecular weight excluding hydrogens is 462 g/mol. The van der Waals surface area contributed by atoms with Crippen LogP contribution in [-0.2, 0) is 24.7 Å². The largest absolute Gasteiger partial charge is 0.342 e. The summed E-state index contributed by atoms with van der Waals surface area (Å²) < 4.78 is 88.5. The summed E-state index contributed by atoms with van der Waals surface area (Å²) in [6.07, 6.45) is 7.79. The monoisotopic (exact) mass is 488 g/mol. The van der Waals surface area contributed by atoms with Crippen LogP contribution < -0.4 is 0 Å². The molecule has 0 atom stereocenters. The number of benzene rings is 3. The standard InChI is InChI=1S/C29H26F6/c1-3-5-7-8-20-10-12-21(13-11-20)23-15-17-25(27(31)18-23)29(34,35)28(32,33)24-16-14-22(9-6-4-2)26(30)19-24/h3-5,10-19H,2,6-9H2,1H3/b5-3+. The quantitative estimate of drug-likeness (QED) is 0.197. The molecule has 0 heterocycles. The second kappa shape index (κ2) is 11.0. The van der Waals surface area contributed by atoms with Crippen LogP contribution in [0.4, 0.5) is 26.3 Å². The van der Waals surface area contributed by atoms with E-state index in [4.69, 9.17) is 0 Å². The molecule has 0 spiro atoms. The molecule has 3 rings (SSSR count). The minimum Gasteiger partial charge on any atom is -0.207 e. The van der Waals surface area contributed by atoms with Gasteiger partial charge in [-0.15, -0.1) is 6.58 Å². The molecule has 0 N–H and O–H groups in total. The normalized spacial score (nSPS) is 12.3. The van der Waals surface area contributed by atoms with Crippen molar-refractivity contribution in [3.8, 4) is 11.1 Å². The SMILES string of the molecule is C=CCCc1ccc(C(F)(F)C(F)(F)c2ccc(-c3ccc(CC/C=C/C)cc3)cc2F)cc1F. The van der Waals surface area contributed by atoms with Crippen molar-refractivity contribution in [2.45, 2.75) is 44.5 Å². The third-order valence-corrected chi connectivity index (χ3v) is 5.86. The van der Waals surface area contributed by atoms with Crippen LogP contribution in [0.15, 0.2) is 85.5 Å². The van der Waals surface area contributed by atoms with E-state index < -0.39 is 34.6 Å². The average Bonchev–Trinajstić information content (AvgIpc) is 2.83. The molecular formula is C29H26F6. The van der Waals surface area contributed by atoms with E-state index >= 15 is 0 Å². The van der Waals surface area contributed by atoms with Gasteiger partial charge in [0.05, 0.1) is 5.56 Å². The number of hydrogen-bond donors (Lipinski definition) is 0. The van der Waals surface area contributed by atoms with Gasteiger partial charge in [-0.1, -0.05) is 60.7 Å². The Labute approximate surface area is 201 Å². The number of alkyl halides is 4. The number of allylic oxidation sites excluding steroid dienone is 3. The van der Waals surface area contributed by atoms with E-state index in [2.05, 4.69) is 6.58 Å². The molecule has 0 aliphatic heterocycles. The van der Waals surface area contributed by atoms with Gasteiger partial charge in [-0.2, -0.15) is 17.6 Å². The van der Waals surface area contributed by atoms with Crippen LogP contribution in [0.2, 0.25) is 0 Å². The molecule has 0 saturated heterocycles. The fraction of sp³-hybridized carbons (Fsp3) is 0.241. The summed E-state index contributed by atoms with van der Waals surface area (Å²) in [5, 5.41) is 0. The van der Waals surface area contributed by atoms with Gasteiger partial charge in [0.15, 0.2) is 0 Å². The van der Waals surface area contributed by atoms with Gasteiger partial charge in [0, 0.05) is 5.56 Å². The number of hydrogen-bond acceptors (Lipinski definition) is 0. The summed E-state index contributed by atoms with van der Waals surface area (Å²) >= 11 is 0. The van der Waals surface area contributed by atoms with E-state index in [1.54, 1.807) is 12.1 Å². The van der Waals surface area contributed by atoms with E-state index in [9.17, 15) is 26.3 Å². The summed E-state index contributed by atoms with van der Waals surface area (Å²) in [6, 6.07) is 12.0. The van der Waals surface area contributed by atoms with Crippen molar-refractivity contribution >= 4 is 0 Å². The van der Waals surface area contributed by atoms with Crippen LogP contribution in [0.3, 0.4) is 0 Å². The van der Waals surface area contributed by atoms with Gasteiger partial charge in [-0.05, 0) is 73.1 Å². The molecule has 0 aromatic heterocycles. The summed E-state index contributed by atoms with van der Waals surface area (Å²) in [5.74, 6) is -12.2. The van der Waals surface area contributed by atoms with Gasteiger partial charge in [-0.3, -0.25) is 0 Å².